The molecule has 0 aliphatic carbocycles. The van der Waals surface area contributed by atoms with Crippen molar-refractivity contribution in [3.8, 4) is 0 Å². The molecule has 0 aromatic rings. The van der Waals surface area contributed by atoms with Crippen molar-refractivity contribution in [2.75, 3.05) is 6.61 Å². The molecule has 6 heteroatoms. The van der Waals surface area contributed by atoms with Crippen LogP contribution in [-0.4, -0.2) is 46.9 Å². The first kappa shape index (κ1) is 64.5. The minimum Gasteiger partial charge on any atom is -0.462 e. The summed E-state index contributed by atoms with van der Waals surface area (Å²) in [5.41, 5.74) is 0. The summed E-state index contributed by atoms with van der Waals surface area (Å²) in [4.78, 5) is 26.2. The molecule has 0 aromatic heterocycles. The zero-order valence-electron chi connectivity index (χ0n) is 44.2. The first-order chi connectivity index (χ1) is 33.5. The van der Waals surface area contributed by atoms with E-state index in [0.717, 1.165) is 116 Å². The maximum absolute atomic E-state index is 13.3. The Morgan fingerprint density at radius 1 is 0.441 bits per heavy atom. The van der Waals surface area contributed by atoms with Gasteiger partial charge in [0.2, 0.25) is 5.91 Å². The van der Waals surface area contributed by atoms with E-state index >= 15 is 0 Å². The molecule has 6 nitrogen and oxygen atoms in total. The van der Waals surface area contributed by atoms with E-state index in [9.17, 15) is 19.8 Å². The molecule has 0 fully saturated rings. The largest absolute Gasteiger partial charge is 0.462 e. The molecule has 0 spiro atoms. The highest BCUT2D eigenvalue weighted by atomic mass is 16.5. The number of nitrogens with one attached hydrogen (secondary N) is 1. The number of hydrogen-bond acceptors (Lipinski definition) is 5. The topological polar surface area (TPSA) is 95.9 Å². The number of carbonyl (C=O) groups excluding carboxylic acids is 2. The Bertz CT molecular complexity index is 1380. The van der Waals surface area contributed by atoms with E-state index in [-0.39, 0.29) is 24.9 Å². The van der Waals surface area contributed by atoms with Crippen LogP contribution >= 0.6 is 0 Å². The second-order valence-electron chi connectivity index (χ2n) is 18.6. The summed E-state index contributed by atoms with van der Waals surface area (Å²) in [6.07, 6.45) is 74.4. The number of esters is 1. The second-order valence-corrected chi connectivity index (χ2v) is 18.6. The summed E-state index contributed by atoms with van der Waals surface area (Å²) in [6, 6.07) is -0.734. The highest BCUT2D eigenvalue weighted by Crippen LogP contribution is 2.17. The van der Waals surface area contributed by atoms with Crippen LogP contribution in [0.4, 0.5) is 0 Å². The van der Waals surface area contributed by atoms with Crippen molar-refractivity contribution in [1.29, 1.82) is 0 Å². The SMILES string of the molecule is CC/C=C\C/C=C\C/C=C\C/C=C\C/C=C\CCCCCC(=O)OC(CCC/C=C/C/C=C/C/C=C/C/C=C/CC)CC(=O)NC(CO)C(O)CCCCCCCCCCCCCCCCCC. The van der Waals surface area contributed by atoms with Crippen molar-refractivity contribution < 1.29 is 24.5 Å². The molecule has 0 saturated carbocycles. The van der Waals surface area contributed by atoms with E-state index in [1.807, 2.05) is 0 Å². The van der Waals surface area contributed by atoms with Crippen LogP contribution in [0.15, 0.2) is 109 Å². The van der Waals surface area contributed by atoms with Crippen molar-refractivity contribution in [3.05, 3.63) is 109 Å². The number of ether oxygens (including phenoxy) is 1. The Morgan fingerprint density at radius 2 is 0.809 bits per heavy atom. The summed E-state index contributed by atoms with van der Waals surface area (Å²) >= 11 is 0. The number of aliphatic hydroxyl groups excluding tert-OH is 2. The van der Waals surface area contributed by atoms with Gasteiger partial charge >= 0.3 is 5.97 Å². The number of carbonyl (C=O) groups is 2. The molecule has 0 aromatic carbocycles. The smallest absolute Gasteiger partial charge is 0.306 e. The number of allylic oxidation sites excluding steroid dienone is 18. The van der Waals surface area contributed by atoms with Gasteiger partial charge in [-0.25, -0.2) is 0 Å². The van der Waals surface area contributed by atoms with Crippen LogP contribution in [0.3, 0.4) is 0 Å². The summed E-state index contributed by atoms with van der Waals surface area (Å²) in [6.45, 7) is 6.24. The third-order valence-corrected chi connectivity index (χ3v) is 12.1. The van der Waals surface area contributed by atoms with Gasteiger partial charge in [0, 0.05) is 6.42 Å². The molecule has 0 heterocycles. The lowest BCUT2D eigenvalue weighted by Gasteiger charge is -2.24. The van der Waals surface area contributed by atoms with E-state index in [2.05, 4.69) is 135 Å². The van der Waals surface area contributed by atoms with Crippen molar-refractivity contribution >= 4 is 11.9 Å². The Kier molecular flexibility index (Phi) is 51.7. The minimum absolute atomic E-state index is 0.0201. The van der Waals surface area contributed by atoms with Crippen LogP contribution in [0.5, 0.6) is 0 Å². The lowest BCUT2D eigenvalue weighted by molar-refractivity contribution is -0.151. The first-order valence-corrected chi connectivity index (χ1v) is 28.1. The molecule has 3 atom stereocenters. The highest BCUT2D eigenvalue weighted by Gasteiger charge is 2.24. The van der Waals surface area contributed by atoms with Gasteiger partial charge in [-0.3, -0.25) is 9.59 Å². The summed E-state index contributed by atoms with van der Waals surface area (Å²) in [7, 11) is 0. The average Bonchev–Trinajstić information content (AvgIpc) is 3.33. The predicted molar refractivity (Wildman–Crippen MR) is 296 cm³/mol. The number of hydrogen-bond donors (Lipinski definition) is 3. The fourth-order valence-corrected chi connectivity index (χ4v) is 7.92. The molecule has 388 valence electrons. The van der Waals surface area contributed by atoms with Gasteiger partial charge in [0.05, 0.1) is 25.2 Å². The van der Waals surface area contributed by atoms with Gasteiger partial charge in [0.15, 0.2) is 0 Å². The summed E-state index contributed by atoms with van der Waals surface area (Å²) < 4.78 is 5.91. The minimum atomic E-state index is -0.815. The molecule has 1 amide bonds. The maximum Gasteiger partial charge on any atom is 0.306 e. The lowest BCUT2D eigenvalue weighted by Crippen LogP contribution is -2.46. The maximum atomic E-state index is 13.3. The molecule has 3 unspecified atom stereocenters. The second kappa shape index (κ2) is 54.5. The monoisotopic (exact) mass is 944 g/mol. The van der Waals surface area contributed by atoms with E-state index in [1.165, 1.54) is 83.5 Å². The van der Waals surface area contributed by atoms with Crippen LogP contribution < -0.4 is 5.32 Å². The van der Waals surface area contributed by atoms with Gasteiger partial charge in [-0.15, -0.1) is 0 Å². The summed E-state index contributed by atoms with van der Waals surface area (Å²) in [5.74, 6) is -0.572. The Hall–Kier alpha value is -3.48. The van der Waals surface area contributed by atoms with Gasteiger partial charge in [-0.1, -0.05) is 239 Å². The van der Waals surface area contributed by atoms with Crippen LogP contribution in [0.1, 0.15) is 245 Å². The van der Waals surface area contributed by atoms with E-state index < -0.39 is 18.2 Å². The van der Waals surface area contributed by atoms with Gasteiger partial charge in [-0.2, -0.15) is 0 Å². The van der Waals surface area contributed by atoms with Gasteiger partial charge in [0.25, 0.3) is 0 Å². The summed E-state index contributed by atoms with van der Waals surface area (Å²) in [5, 5.41) is 23.8. The molecule has 0 rings (SSSR count). The van der Waals surface area contributed by atoms with Crippen LogP contribution in [0.25, 0.3) is 0 Å². The number of aliphatic hydroxyl groups is 2. The number of rotatable bonds is 49. The fraction of sp³-hybridized carbons (Fsp3) is 0.677. The van der Waals surface area contributed by atoms with Gasteiger partial charge in [-0.05, 0) is 103 Å². The highest BCUT2D eigenvalue weighted by molar-refractivity contribution is 5.77. The molecular formula is C62H105NO5. The van der Waals surface area contributed by atoms with Crippen molar-refractivity contribution in [3.63, 3.8) is 0 Å². The van der Waals surface area contributed by atoms with Gasteiger partial charge < -0.3 is 20.3 Å². The third kappa shape index (κ3) is 49.0. The van der Waals surface area contributed by atoms with Crippen molar-refractivity contribution in [1.82, 2.24) is 5.32 Å². The Labute approximate surface area is 419 Å². The molecule has 0 radical (unpaired) electrons. The quantitative estimate of drug-likeness (QED) is 0.0321. The van der Waals surface area contributed by atoms with Crippen molar-refractivity contribution in [2.45, 2.75) is 264 Å². The predicted octanol–water partition coefficient (Wildman–Crippen LogP) is 17.5. The van der Waals surface area contributed by atoms with Crippen LogP contribution in [0, 0.1) is 0 Å². The average molecular weight is 945 g/mol. The van der Waals surface area contributed by atoms with E-state index in [0.29, 0.717) is 19.3 Å². The first-order valence-electron chi connectivity index (χ1n) is 28.1. The van der Waals surface area contributed by atoms with E-state index in [1.54, 1.807) is 0 Å². The molecule has 0 aliphatic rings. The Balaban J connectivity index is 4.68. The van der Waals surface area contributed by atoms with E-state index in [4.69, 9.17) is 4.74 Å². The van der Waals surface area contributed by atoms with Gasteiger partial charge in [0.1, 0.15) is 6.10 Å². The Morgan fingerprint density at radius 3 is 1.22 bits per heavy atom. The molecular weight excluding hydrogens is 839 g/mol. The molecule has 3 N–H and O–H groups in total. The van der Waals surface area contributed by atoms with Crippen LogP contribution in [-0.2, 0) is 14.3 Å². The molecule has 0 saturated heterocycles. The lowest BCUT2D eigenvalue weighted by atomic mass is 10.0. The molecule has 68 heavy (non-hydrogen) atoms. The molecule has 0 bridgehead atoms. The zero-order chi connectivity index (χ0) is 49.5. The number of unbranched alkanes of at least 4 members (excludes halogenated alkanes) is 19. The van der Waals surface area contributed by atoms with Crippen LogP contribution in [0.2, 0.25) is 0 Å². The number of amides is 1. The van der Waals surface area contributed by atoms with Crippen molar-refractivity contribution in [2.24, 2.45) is 0 Å². The molecule has 0 aliphatic heterocycles. The normalized spacial score (nSPS) is 14.0. The zero-order valence-corrected chi connectivity index (χ0v) is 44.2. The fourth-order valence-electron chi connectivity index (χ4n) is 7.92. The standard InChI is InChI=1S/C62H105NO5/c1-4-7-10-13-16-19-22-25-28-30-31-32-34-37-40-43-46-49-52-55-62(67)68-58(53-50-47-44-41-38-35-27-24-21-18-15-12-9-6-3)56-61(66)63-59(57-64)60(65)54-51-48-45-42-39-36-33-29-26-23-20-17-14-11-8-5-2/h7,9-10,12,16,18-19,21,25,27-28,31-32,35,37,40-41,44,58-60,64-65H,4-6,8,11,13-15,17,20,22-24,26,29-30,33-34,36,38-39,42-43,45-57H2,1-3H3,(H,63,66)/b10-7-,12-9+,19-16-,21-18+,28-25-,32-31-,35-27+,40-37-,44-41+. The third-order valence-electron chi connectivity index (χ3n) is 12.1.